The standard InChI is InChI=1S/C15H17N3O3S/c1-6-10-7(2)17-13(9-4-5-9)18-14(10)22-11(6)15(20)21-8(3)12(16)19/h8-9H,4-5H2,1-3H3,(H2,16,19)/t8-/m0/s1. The van der Waals surface area contributed by atoms with E-state index in [9.17, 15) is 9.59 Å². The van der Waals surface area contributed by atoms with E-state index in [0.717, 1.165) is 40.1 Å². The summed E-state index contributed by atoms with van der Waals surface area (Å²) in [7, 11) is 0. The van der Waals surface area contributed by atoms with Crippen molar-refractivity contribution in [1.82, 2.24) is 9.97 Å². The van der Waals surface area contributed by atoms with Crippen LogP contribution in [0.1, 0.15) is 52.4 Å². The first-order valence-electron chi connectivity index (χ1n) is 7.16. The maximum Gasteiger partial charge on any atom is 0.349 e. The summed E-state index contributed by atoms with van der Waals surface area (Å²) in [5, 5.41) is 0.896. The molecule has 22 heavy (non-hydrogen) atoms. The van der Waals surface area contributed by atoms with Crippen LogP contribution in [0.3, 0.4) is 0 Å². The van der Waals surface area contributed by atoms with Gasteiger partial charge in [0.1, 0.15) is 15.5 Å². The molecule has 116 valence electrons. The van der Waals surface area contributed by atoms with Crippen molar-refractivity contribution in [3.8, 4) is 0 Å². The molecule has 0 aromatic carbocycles. The van der Waals surface area contributed by atoms with Crippen LogP contribution in [0.5, 0.6) is 0 Å². The average Bonchev–Trinajstić information content (AvgIpc) is 3.23. The summed E-state index contributed by atoms with van der Waals surface area (Å²) in [6.45, 7) is 5.23. The number of primary amides is 1. The molecule has 1 amide bonds. The highest BCUT2D eigenvalue weighted by atomic mass is 32.1. The minimum atomic E-state index is -0.952. The fraction of sp³-hybridized carbons (Fsp3) is 0.467. The van der Waals surface area contributed by atoms with Crippen LogP contribution in [0.2, 0.25) is 0 Å². The van der Waals surface area contributed by atoms with Gasteiger partial charge in [0.05, 0.1) is 5.69 Å². The lowest BCUT2D eigenvalue weighted by molar-refractivity contribution is -0.125. The van der Waals surface area contributed by atoms with Gasteiger partial charge in [0.2, 0.25) is 0 Å². The predicted molar refractivity (Wildman–Crippen MR) is 82.9 cm³/mol. The van der Waals surface area contributed by atoms with Crippen LogP contribution < -0.4 is 5.73 Å². The Morgan fingerprint density at radius 3 is 2.59 bits per heavy atom. The van der Waals surface area contributed by atoms with E-state index >= 15 is 0 Å². The van der Waals surface area contributed by atoms with Gasteiger partial charge in [0.25, 0.3) is 5.91 Å². The summed E-state index contributed by atoms with van der Waals surface area (Å²) in [5.74, 6) is 0.103. The normalized spacial score (nSPS) is 15.8. The summed E-state index contributed by atoms with van der Waals surface area (Å²) in [4.78, 5) is 33.6. The Kier molecular flexibility index (Phi) is 3.60. The third kappa shape index (κ3) is 2.56. The van der Waals surface area contributed by atoms with E-state index in [1.165, 1.54) is 18.3 Å². The summed E-state index contributed by atoms with van der Waals surface area (Å²) in [6.07, 6.45) is 1.30. The van der Waals surface area contributed by atoms with Crippen molar-refractivity contribution in [2.24, 2.45) is 5.73 Å². The molecule has 0 saturated heterocycles. The molecule has 0 aliphatic heterocycles. The van der Waals surface area contributed by atoms with Gasteiger partial charge in [0.15, 0.2) is 6.10 Å². The molecule has 2 aromatic rings. The third-order valence-corrected chi connectivity index (χ3v) is 4.97. The molecule has 0 unspecified atom stereocenters. The van der Waals surface area contributed by atoms with Crippen molar-refractivity contribution in [3.63, 3.8) is 0 Å². The van der Waals surface area contributed by atoms with E-state index in [2.05, 4.69) is 9.97 Å². The minimum Gasteiger partial charge on any atom is -0.448 e. The Morgan fingerprint density at radius 2 is 2.00 bits per heavy atom. The lowest BCUT2D eigenvalue weighted by Crippen LogP contribution is -2.30. The molecular weight excluding hydrogens is 302 g/mol. The monoisotopic (exact) mass is 319 g/mol. The number of fused-ring (bicyclic) bond motifs is 1. The Morgan fingerprint density at radius 1 is 1.32 bits per heavy atom. The van der Waals surface area contributed by atoms with Crippen LogP contribution in [-0.2, 0) is 9.53 Å². The molecule has 1 saturated carbocycles. The fourth-order valence-corrected chi connectivity index (χ4v) is 3.47. The summed E-state index contributed by atoms with van der Waals surface area (Å²) >= 11 is 1.28. The van der Waals surface area contributed by atoms with Gasteiger partial charge in [-0.1, -0.05) is 0 Å². The van der Waals surface area contributed by atoms with Crippen molar-refractivity contribution in [2.45, 2.75) is 45.6 Å². The first-order chi connectivity index (χ1) is 10.4. The Hall–Kier alpha value is -2.02. The van der Waals surface area contributed by atoms with Gasteiger partial charge in [-0.3, -0.25) is 4.79 Å². The van der Waals surface area contributed by atoms with Crippen LogP contribution in [0.25, 0.3) is 10.2 Å². The molecule has 1 aliphatic rings. The van der Waals surface area contributed by atoms with Gasteiger partial charge in [-0.25, -0.2) is 14.8 Å². The molecule has 3 rings (SSSR count). The van der Waals surface area contributed by atoms with Crippen molar-refractivity contribution in [3.05, 3.63) is 22.0 Å². The first-order valence-corrected chi connectivity index (χ1v) is 7.98. The molecule has 0 bridgehead atoms. The molecule has 0 radical (unpaired) electrons. The predicted octanol–water partition coefficient (Wildman–Crippen LogP) is 2.22. The highest BCUT2D eigenvalue weighted by Gasteiger charge is 2.29. The lowest BCUT2D eigenvalue weighted by Gasteiger charge is -2.08. The average molecular weight is 319 g/mol. The smallest absolute Gasteiger partial charge is 0.349 e. The summed E-state index contributed by atoms with van der Waals surface area (Å²) in [5.41, 5.74) is 6.80. The molecule has 2 heterocycles. The fourth-order valence-electron chi connectivity index (χ4n) is 2.35. The maximum atomic E-state index is 12.2. The number of thiophene rings is 1. The van der Waals surface area contributed by atoms with E-state index in [0.29, 0.717) is 10.8 Å². The lowest BCUT2D eigenvalue weighted by atomic mass is 10.1. The van der Waals surface area contributed by atoms with Crippen LogP contribution in [0, 0.1) is 13.8 Å². The van der Waals surface area contributed by atoms with Gasteiger partial charge >= 0.3 is 5.97 Å². The number of hydrogen-bond acceptors (Lipinski definition) is 6. The topological polar surface area (TPSA) is 95.2 Å². The van der Waals surface area contributed by atoms with Crippen molar-refractivity contribution in [2.75, 3.05) is 0 Å². The quantitative estimate of drug-likeness (QED) is 0.872. The molecule has 7 heteroatoms. The van der Waals surface area contributed by atoms with Crippen molar-refractivity contribution >= 4 is 33.4 Å². The second-order valence-electron chi connectivity index (χ2n) is 5.63. The number of aromatic nitrogens is 2. The summed E-state index contributed by atoms with van der Waals surface area (Å²) < 4.78 is 5.09. The number of esters is 1. The maximum absolute atomic E-state index is 12.2. The third-order valence-electron chi connectivity index (χ3n) is 3.80. The van der Waals surface area contributed by atoms with Crippen molar-refractivity contribution in [1.29, 1.82) is 0 Å². The molecule has 0 spiro atoms. The van der Waals surface area contributed by atoms with Crippen LogP contribution in [0.15, 0.2) is 0 Å². The number of aryl methyl sites for hydroxylation is 2. The number of carbonyl (C=O) groups is 2. The molecule has 1 fully saturated rings. The number of rotatable bonds is 4. The number of nitrogens with two attached hydrogens (primary N) is 1. The number of amides is 1. The Labute approximate surface area is 131 Å². The molecule has 1 atom stereocenters. The molecular formula is C15H17N3O3S. The van der Waals surface area contributed by atoms with Gasteiger partial charge in [-0.15, -0.1) is 11.3 Å². The van der Waals surface area contributed by atoms with E-state index in [-0.39, 0.29) is 0 Å². The Balaban J connectivity index is 2.00. The summed E-state index contributed by atoms with van der Waals surface area (Å²) in [6, 6.07) is 0. The second kappa shape index (κ2) is 5.31. The second-order valence-corrected chi connectivity index (χ2v) is 6.63. The molecule has 2 aromatic heterocycles. The Bertz CT molecular complexity index is 780. The van der Waals surface area contributed by atoms with Crippen LogP contribution >= 0.6 is 11.3 Å². The number of carbonyl (C=O) groups excluding carboxylic acids is 2. The molecule has 1 aliphatic carbocycles. The largest absolute Gasteiger partial charge is 0.448 e. The zero-order valence-electron chi connectivity index (χ0n) is 12.7. The van der Waals surface area contributed by atoms with Crippen LogP contribution in [-0.4, -0.2) is 27.9 Å². The SMILES string of the molecule is Cc1nc(C2CC2)nc2sc(C(=O)O[C@@H](C)C(N)=O)c(C)c12. The highest BCUT2D eigenvalue weighted by Crippen LogP contribution is 2.40. The van der Waals surface area contributed by atoms with E-state index in [1.54, 1.807) is 0 Å². The van der Waals surface area contributed by atoms with Crippen molar-refractivity contribution < 1.29 is 14.3 Å². The van der Waals surface area contributed by atoms with Gasteiger partial charge in [-0.2, -0.15) is 0 Å². The zero-order valence-corrected chi connectivity index (χ0v) is 13.5. The zero-order chi connectivity index (χ0) is 16.0. The van der Waals surface area contributed by atoms with Gasteiger partial charge in [0, 0.05) is 11.3 Å². The highest BCUT2D eigenvalue weighted by molar-refractivity contribution is 7.20. The van der Waals surface area contributed by atoms with Gasteiger partial charge < -0.3 is 10.5 Å². The van der Waals surface area contributed by atoms with E-state index < -0.39 is 18.0 Å². The molecule has 2 N–H and O–H groups in total. The first kappa shape index (κ1) is 14.9. The molecule has 6 nitrogen and oxygen atoms in total. The van der Waals surface area contributed by atoms with Crippen LogP contribution in [0.4, 0.5) is 0 Å². The number of ether oxygens (including phenoxy) is 1. The number of nitrogens with zero attached hydrogens (tertiary/aromatic N) is 2. The van der Waals surface area contributed by atoms with E-state index in [1.807, 2.05) is 13.8 Å². The number of hydrogen-bond donors (Lipinski definition) is 1. The van der Waals surface area contributed by atoms with E-state index in [4.69, 9.17) is 10.5 Å². The van der Waals surface area contributed by atoms with Gasteiger partial charge in [-0.05, 0) is 39.2 Å². The minimum absolute atomic E-state index is 0.452.